The van der Waals surface area contributed by atoms with Gasteiger partial charge < -0.3 is 15.7 Å². The van der Waals surface area contributed by atoms with E-state index in [1.807, 2.05) is 0 Å². The van der Waals surface area contributed by atoms with Crippen molar-refractivity contribution in [2.24, 2.45) is 0 Å². The smallest absolute Gasteiger partial charge is 0.229 e. The van der Waals surface area contributed by atoms with E-state index in [4.69, 9.17) is 16.7 Å². The standard InChI is InChI=1S/C7H12ClN5O/c1-4(3-14)10-7-12-5(8)11-6(9-2)13-7/h4,14H,3H2,1-2H3,(H2,9,10,11,12,13). The predicted molar refractivity (Wildman–Crippen MR) is 54.6 cm³/mol. The van der Waals surface area contributed by atoms with E-state index in [1.54, 1.807) is 14.0 Å². The van der Waals surface area contributed by atoms with E-state index in [0.717, 1.165) is 0 Å². The minimum Gasteiger partial charge on any atom is -0.394 e. The third kappa shape index (κ3) is 2.97. The number of aromatic nitrogens is 3. The Balaban J connectivity index is 2.81. The molecule has 1 atom stereocenters. The average molecular weight is 218 g/mol. The van der Waals surface area contributed by atoms with Crippen LogP contribution in [-0.2, 0) is 0 Å². The maximum atomic E-state index is 8.81. The maximum absolute atomic E-state index is 8.81. The summed E-state index contributed by atoms with van der Waals surface area (Å²) in [5, 5.41) is 14.5. The number of nitrogens with one attached hydrogen (secondary N) is 2. The van der Waals surface area contributed by atoms with Gasteiger partial charge in [-0.1, -0.05) is 0 Å². The van der Waals surface area contributed by atoms with Gasteiger partial charge in [0.2, 0.25) is 17.2 Å². The van der Waals surface area contributed by atoms with Crippen molar-refractivity contribution in [1.29, 1.82) is 0 Å². The number of hydrogen-bond donors (Lipinski definition) is 3. The molecule has 78 valence electrons. The monoisotopic (exact) mass is 217 g/mol. The number of aliphatic hydroxyl groups is 1. The van der Waals surface area contributed by atoms with Gasteiger partial charge in [0.25, 0.3) is 0 Å². The first kappa shape index (κ1) is 10.9. The highest BCUT2D eigenvalue weighted by molar-refractivity contribution is 6.28. The van der Waals surface area contributed by atoms with Crippen molar-refractivity contribution in [2.75, 3.05) is 24.3 Å². The van der Waals surface area contributed by atoms with Gasteiger partial charge in [-0.25, -0.2) is 0 Å². The van der Waals surface area contributed by atoms with Crippen LogP contribution in [0.3, 0.4) is 0 Å². The largest absolute Gasteiger partial charge is 0.394 e. The van der Waals surface area contributed by atoms with Gasteiger partial charge in [-0.15, -0.1) is 0 Å². The number of nitrogens with zero attached hydrogens (tertiary/aromatic N) is 3. The van der Waals surface area contributed by atoms with Crippen LogP contribution in [-0.4, -0.2) is 39.8 Å². The van der Waals surface area contributed by atoms with Crippen LogP contribution >= 0.6 is 11.6 Å². The predicted octanol–water partition coefficient (Wildman–Crippen LogP) is 0.359. The highest BCUT2D eigenvalue weighted by Crippen LogP contribution is 2.09. The van der Waals surface area contributed by atoms with Crippen LogP contribution in [0.5, 0.6) is 0 Å². The van der Waals surface area contributed by atoms with Gasteiger partial charge in [-0.05, 0) is 18.5 Å². The molecule has 0 aliphatic carbocycles. The molecule has 0 amide bonds. The summed E-state index contributed by atoms with van der Waals surface area (Å²) >= 11 is 5.65. The molecule has 6 nitrogen and oxygen atoms in total. The van der Waals surface area contributed by atoms with Crippen LogP contribution in [0.2, 0.25) is 5.28 Å². The molecule has 0 fully saturated rings. The van der Waals surface area contributed by atoms with Gasteiger partial charge in [0.1, 0.15) is 0 Å². The zero-order valence-corrected chi connectivity index (χ0v) is 8.71. The summed E-state index contributed by atoms with van der Waals surface area (Å²) in [5.41, 5.74) is 0. The summed E-state index contributed by atoms with van der Waals surface area (Å²) in [4.78, 5) is 11.7. The Hall–Kier alpha value is -1.14. The van der Waals surface area contributed by atoms with Crippen molar-refractivity contribution < 1.29 is 5.11 Å². The fourth-order valence-electron chi connectivity index (χ4n) is 0.792. The molecule has 3 N–H and O–H groups in total. The molecule has 0 saturated carbocycles. The van der Waals surface area contributed by atoms with Gasteiger partial charge in [0.05, 0.1) is 6.61 Å². The third-order valence-corrected chi connectivity index (χ3v) is 1.65. The molecule has 1 rings (SSSR count). The zero-order chi connectivity index (χ0) is 10.6. The van der Waals surface area contributed by atoms with Crippen molar-refractivity contribution >= 4 is 23.5 Å². The summed E-state index contributed by atoms with van der Waals surface area (Å²) in [6.45, 7) is 1.80. The van der Waals surface area contributed by atoms with Crippen LogP contribution in [0.4, 0.5) is 11.9 Å². The fraction of sp³-hybridized carbons (Fsp3) is 0.571. The molecule has 7 heteroatoms. The second-order valence-corrected chi connectivity index (χ2v) is 3.07. The quantitative estimate of drug-likeness (QED) is 0.676. The summed E-state index contributed by atoms with van der Waals surface area (Å²) in [6, 6.07) is -0.127. The van der Waals surface area contributed by atoms with Crippen molar-refractivity contribution in [3.8, 4) is 0 Å². The Morgan fingerprint density at radius 3 is 2.57 bits per heavy atom. The summed E-state index contributed by atoms with van der Waals surface area (Å²) in [5.74, 6) is 0.730. The van der Waals surface area contributed by atoms with Crippen LogP contribution in [0.1, 0.15) is 6.92 Å². The topological polar surface area (TPSA) is 83.0 Å². The van der Waals surface area contributed by atoms with E-state index >= 15 is 0 Å². The Kier molecular flexibility index (Phi) is 3.84. The second-order valence-electron chi connectivity index (χ2n) is 2.73. The van der Waals surface area contributed by atoms with Crippen molar-refractivity contribution in [3.05, 3.63) is 5.28 Å². The highest BCUT2D eigenvalue weighted by Gasteiger charge is 2.06. The highest BCUT2D eigenvalue weighted by atomic mass is 35.5. The molecule has 1 unspecified atom stereocenters. The summed E-state index contributed by atoms with van der Waals surface area (Å²) in [6.07, 6.45) is 0. The number of aliphatic hydroxyl groups excluding tert-OH is 1. The minimum atomic E-state index is -0.127. The molecule has 14 heavy (non-hydrogen) atoms. The second kappa shape index (κ2) is 4.92. The Labute approximate surface area is 86.7 Å². The van der Waals surface area contributed by atoms with Gasteiger partial charge >= 0.3 is 0 Å². The van der Waals surface area contributed by atoms with E-state index < -0.39 is 0 Å². The van der Waals surface area contributed by atoms with E-state index in [-0.39, 0.29) is 17.9 Å². The third-order valence-electron chi connectivity index (χ3n) is 1.48. The van der Waals surface area contributed by atoms with Crippen LogP contribution in [0.15, 0.2) is 0 Å². The van der Waals surface area contributed by atoms with Gasteiger partial charge in [0.15, 0.2) is 0 Å². The van der Waals surface area contributed by atoms with Gasteiger partial charge in [-0.3, -0.25) is 0 Å². The minimum absolute atomic E-state index is 0.00180. The normalized spacial score (nSPS) is 12.3. The lowest BCUT2D eigenvalue weighted by atomic mass is 10.4. The lowest BCUT2D eigenvalue weighted by Crippen LogP contribution is -2.21. The Morgan fingerprint density at radius 2 is 2.00 bits per heavy atom. The van der Waals surface area contributed by atoms with Gasteiger partial charge in [-0.2, -0.15) is 15.0 Å². The maximum Gasteiger partial charge on any atom is 0.229 e. The molecule has 0 aromatic carbocycles. The number of anilines is 2. The number of hydrogen-bond acceptors (Lipinski definition) is 6. The summed E-state index contributed by atoms with van der Waals surface area (Å²) in [7, 11) is 1.69. The molecule has 0 bridgehead atoms. The first-order valence-corrected chi connectivity index (χ1v) is 4.50. The van der Waals surface area contributed by atoms with E-state index in [0.29, 0.717) is 11.9 Å². The van der Waals surface area contributed by atoms with E-state index in [1.165, 1.54) is 0 Å². The van der Waals surface area contributed by atoms with Gasteiger partial charge in [0, 0.05) is 13.1 Å². The SMILES string of the molecule is CNc1nc(Cl)nc(NC(C)CO)n1. The molecule has 0 radical (unpaired) electrons. The average Bonchev–Trinajstić information content (AvgIpc) is 2.16. The van der Waals surface area contributed by atoms with Crippen LogP contribution in [0.25, 0.3) is 0 Å². The van der Waals surface area contributed by atoms with Crippen molar-refractivity contribution in [2.45, 2.75) is 13.0 Å². The lowest BCUT2D eigenvalue weighted by Gasteiger charge is -2.10. The number of rotatable bonds is 4. The molecule has 0 saturated heterocycles. The number of halogens is 1. The zero-order valence-electron chi connectivity index (χ0n) is 7.95. The fourth-order valence-corrected chi connectivity index (χ4v) is 0.953. The first-order valence-electron chi connectivity index (χ1n) is 4.12. The first-order chi connectivity index (χ1) is 6.65. The van der Waals surface area contributed by atoms with Crippen LogP contribution in [0, 0.1) is 0 Å². The molecule has 0 aliphatic heterocycles. The molecule has 1 aromatic heterocycles. The molecule has 0 spiro atoms. The van der Waals surface area contributed by atoms with Crippen molar-refractivity contribution in [3.63, 3.8) is 0 Å². The van der Waals surface area contributed by atoms with E-state index in [2.05, 4.69) is 25.6 Å². The Bertz CT molecular complexity index is 308. The molecule has 1 heterocycles. The van der Waals surface area contributed by atoms with E-state index in [9.17, 15) is 0 Å². The molecule has 0 aliphatic rings. The summed E-state index contributed by atoms with van der Waals surface area (Å²) < 4.78 is 0. The molecular formula is C7H12ClN5O. The molecular weight excluding hydrogens is 206 g/mol. The Morgan fingerprint density at radius 1 is 1.36 bits per heavy atom. The molecule has 1 aromatic rings. The van der Waals surface area contributed by atoms with Crippen molar-refractivity contribution in [1.82, 2.24) is 15.0 Å². The van der Waals surface area contributed by atoms with Crippen LogP contribution < -0.4 is 10.6 Å². The lowest BCUT2D eigenvalue weighted by molar-refractivity contribution is 0.281.